The minimum atomic E-state index is 0.320. The molecule has 1 aromatic rings. The summed E-state index contributed by atoms with van der Waals surface area (Å²) >= 11 is 0. The van der Waals surface area contributed by atoms with E-state index < -0.39 is 0 Å². The summed E-state index contributed by atoms with van der Waals surface area (Å²) < 4.78 is 0. The number of benzene rings is 1. The maximum atomic E-state index is 9.26. The fraction of sp³-hybridized carbons (Fsp3) is 0.278. The summed E-state index contributed by atoms with van der Waals surface area (Å²) in [5, 5.41) is 12.7. The normalized spacial score (nSPS) is 21.4. The van der Waals surface area contributed by atoms with Crippen molar-refractivity contribution in [1.29, 1.82) is 5.26 Å². The molecule has 3 rings (SSSR count). The lowest BCUT2D eigenvalue weighted by Gasteiger charge is -2.21. The van der Waals surface area contributed by atoms with Crippen LogP contribution >= 0.6 is 0 Å². The molecule has 0 radical (unpaired) electrons. The van der Waals surface area contributed by atoms with Gasteiger partial charge in [0, 0.05) is 12.6 Å². The van der Waals surface area contributed by atoms with E-state index in [0.29, 0.717) is 6.04 Å². The van der Waals surface area contributed by atoms with E-state index in [1.165, 1.54) is 11.1 Å². The number of nitrogens with one attached hydrogen (secondary N) is 1. The topological polar surface area (TPSA) is 35.8 Å². The Kier molecular flexibility index (Phi) is 3.80. The van der Waals surface area contributed by atoms with Crippen molar-refractivity contribution in [2.24, 2.45) is 0 Å². The fourth-order valence-corrected chi connectivity index (χ4v) is 2.77. The minimum absolute atomic E-state index is 0.320. The molecule has 1 N–H and O–H groups in total. The van der Waals surface area contributed by atoms with Gasteiger partial charge in [-0.2, -0.15) is 5.26 Å². The van der Waals surface area contributed by atoms with Crippen molar-refractivity contribution in [1.82, 2.24) is 5.32 Å². The average molecular weight is 262 g/mol. The molecule has 20 heavy (non-hydrogen) atoms. The fourth-order valence-electron chi connectivity index (χ4n) is 2.77. The molecule has 1 heterocycles. The van der Waals surface area contributed by atoms with E-state index in [1.54, 1.807) is 0 Å². The third-order valence-corrected chi connectivity index (χ3v) is 3.84. The highest BCUT2D eigenvalue weighted by Gasteiger charge is 2.14. The van der Waals surface area contributed by atoms with Crippen molar-refractivity contribution in [2.75, 3.05) is 6.54 Å². The number of nitrogens with zero attached hydrogens (tertiary/aromatic N) is 1. The van der Waals surface area contributed by atoms with Gasteiger partial charge in [-0.25, -0.2) is 0 Å². The molecule has 0 bridgehead atoms. The molecule has 100 valence electrons. The van der Waals surface area contributed by atoms with Crippen molar-refractivity contribution >= 4 is 5.57 Å². The summed E-state index contributed by atoms with van der Waals surface area (Å²) in [5.74, 6) is 0. The van der Waals surface area contributed by atoms with E-state index in [9.17, 15) is 5.26 Å². The van der Waals surface area contributed by atoms with Crippen LogP contribution in [0.1, 0.15) is 42.0 Å². The van der Waals surface area contributed by atoms with E-state index >= 15 is 0 Å². The van der Waals surface area contributed by atoms with Crippen LogP contribution in [0.3, 0.4) is 0 Å². The van der Waals surface area contributed by atoms with E-state index in [1.807, 2.05) is 12.1 Å². The zero-order valence-corrected chi connectivity index (χ0v) is 11.5. The van der Waals surface area contributed by atoms with Gasteiger partial charge in [-0.15, -0.1) is 0 Å². The maximum absolute atomic E-state index is 9.26. The molecule has 0 spiro atoms. The molecule has 0 fully saturated rings. The zero-order chi connectivity index (χ0) is 13.8. The maximum Gasteiger partial charge on any atom is 0.0991 e. The molecule has 2 aliphatic rings. The molecular formula is C18H18N2. The van der Waals surface area contributed by atoms with Gasteiger partial charge >= 0.3 is 0 Å². The zero-order valence-electron chi connectivity index (χ0n) is 11.5. The van der Waals surface area contributed by atoms with Gasteiger partial charge in [0.05, 0.1) is 11.6 Å². The highest BCUT2D eigenvalue weighted by atomic mass is 14.9. The predicted octanol–water partition coefficient (Wildman–Crippen LogP) is 3.88. The smallest absolute Gasteiger partial charge is 0.0991 e. The molecular weight excluding hydrogens is 244 g/mol. The van der Waals surface area contributed by atoms with Crippen molar-refractivity contribution < 1.29 is 0 Å². The highest BCUT2D eigenvalue weighted by molar-refractivity contribution is 5.76. The molecule has 1 atom stereocenters. The first-order valence-electron chi connectivity index (χ1n) is 7.17. The number of hydrogen-bond donors (Lipinski definition) is 1. The van der Waals surface area contributed by atoms with Crippen LogP contribution < -0.4 is 5.32 Å². The third kappa shape index (κ3) is 2.74. The molecule has 0 aromatic heterocycles. The van der Waals surface area contributed by atoms with Crippen LogP contribution in [0.5, 0.6) is 0 Å². The van der Waals surface area contributed by atoms with Crippen LogP contribution in [0.2, 0.25) is 0 Å². The Morgan fingerprint density at radius 2 is 2.05 bits per heavy atom. The second kappa shape index (κ2) is 5.90. The molecule has 1 aliphatic carbocycles. The van der Waals surface area contributed by atoms with E-state index in [4.69, 9.17) is 0 Å². The predicted molar refractivity (Wildman–Crippen MR) is 82.0 cm³/mol. The summed E-state index contributed by atoms with van der Waals surface area (Å²) in [6.07, 6.45) is 14.2. The van der Waals surface area contributed by atoms with Crippen LogP contribution in [0, 0.1) is 11.3 Å². The molecule has 0 saturated heterocycles. The van der Waals surface area contributed by atoms with Gasteiger partial charge in [0.1, 0.15) is 0 Å². The monoisotopic (exact) mass is 262 g/mol. The van der Waals surface area contributed by atoms with Gasteiger partial charge < -0.3 is 5.32 Å². The number of allylic oxidation sites excluding steroid dienone is 4. The highest BCUT2D eigenvalue weighted by Crippen LogP contribution is 2.27. The van der Waals surface area contributed by atoms with Crippen LogP contribution in [-0.4, -0.2) is 6.54 Å². The van der Waals surface area contributed by atoms with Gasteiger partial charge in [0.25, 0.3) is 0 Å². The van der Waals surface area contributed by atoms with E-state index in [0.717, 1.165) is 36.9 Å². The van der Waals surface area contributed by atoms with Gasteiger partial charge in [-0.3, -0.25) is 0 Å². The summed E-state index contributed by atoms with van der Waals surface area (Å²) in [6.45, 7) is 0.902. The van der Waals surface area contributed by atoms with Crippen molar-refractivity contribution in [3.05, 3.63) is 65.3 Å². The molecule has 0 amide bonds. The average Bonchev–Trinajstić information content (AvgIpc) is 2.56. The van der Waals surface area contributed by atoms with Gasteiger partial charge in [0.15, 0.2) is 0 Å². The van der Waals surface area contributed by atoms with Crippen molar-refractivity contribution in [2.45, 2.75) is 25.3 Å². The standard InChI is InChI=1S/C18H18N2/c19-13-14-10-16(15-6-2-1-3-7-15)12-17(11-14)18-8-4-5-9-20-18/h2,4-7,10-12,18,20H,1,3,8-9H2. The van der Waals surface area contributed by atoms with Crippen LogP contribution in [0.4, 0.5) is 0 Å². The second-order valence-electron chi connectivity index (χ2n) is 5.26. The molecule has 1 unspecified atom stereocenters. The number of hydrogen-bond acceptors (Lipinski definition) is 2. The largest absolute Gasteiger partial charge is 0.306 e. The number of rotatable bonds is 2. The van der Waals surface area contributed by atoms with Gasteiger partial charge in [0.2, 0.25) is 0 Å². The van der Waals surface area contributed by atoms with Crippen molar-refractivity contribution in [3.8, 4) is 6.07 Å². The molecule has 0 saturated carbocycles. The summed E-state index contributed by atoms with van der Waals surface area (Å²) in [7, 11) is 0. The van der Waals surface area contributed by atoms with Crippen LogP contribution in [0.15, 0.2) is 48.6 Å². The quantitative estimate of drug-likeness (QED) is 0.821. The Labute approximate surface area is 120 Å². The van der Waals surface area contributed by atoms with Crippen molar-refractivity contribution in [3.63, 3.8) is 0 Å². The summed E-state index contributed by atoms with van der Waals surface area (Å²) in [4.78, 5) is 0. The third-order valence-electron chi connectivity index (χ3n) is 3.84. The summed E-state index contributed by atoms with van der Waals surface area (Å²) in [6, 6.07) is 8.83. The second-order valence-corrected chi connectivity index (χ2v) is 5.26. The minimum Gasteiger partial charge on any atom is -0.306 e. The van der Waals surface area contributed by atoms with E-state index in [-0.39, 0.29) is 0 Å². The first-order chi connectivity index (χ1) is 9.86. The van der Waals surface area contributed by atoms with Gasteiger partial charge in [-0.05, 0) is 54.2 Å². The first-order valence-corrected chi connectivity index (χ1v) is 7.17. The summed E-state index contributed by atoms with van der Waals surface area (Å²) in [5.41, 5.74) is 4.35. The Hall–Kier alpha value is -2.11. The SMILES string of the molecule is N#Cc1cc(C2=CCCC=C2)cc(C2CC=CCN2)c1. The Balaban J connectivity index is 1.98. The number of nitriles is 1. The van der Waals surface area contributed by atoms with Crippen LogP contribution in [0.25, 0.3) is 5.57 Å². The first kappa shape index (κ1) is 12.9. The van der Waals surface area contributed by atoms with Crippen LogP contribution in [-0.2, 0) is 0 Å². The Bertz CT molecular complexity index is 629. The molecule has 1 aliphatic heterocycles. The lowest BCUT2D eigenvalue weighted by molar-refractivity contribution is 0.554. The molecule has 2 nitrogen and oxygen atoms in total. The molecule has 1 aromatic carbocycles. The lowest BCUT2D eigenvalue weighted by Crippen LogP contribution is -2.24. The molecule has 2 heteroatoms. The lowest BCUT2D eigenvalue weighted by atomic mass is 9.92. The van der Waals surface area contributed by atoms with Gasteiger partial charge in [-0.1, -0.05) is 30.4 Å². The Morgan fingerprint density at radius 1 is 1.10 bits per heavy atom. The van der Waals surface area contributed by atoms with E-state index in [2.05, 4.69) is 47.8 Å². The Morgan fingerprint density at radius 3 is 2.75 bits per heavy atom.